The highest BCUT2D eigenvalue weighted by Crippen LogP contribution is 2.51. The maximum Gasteiger partial charge on any atom is 0.432 e. The molecule has 0 aromatic heterocycles. The van der Waals surface area contributed by atoms with Gasteiger partial charge in [-0.1, -0.05) is 11.6 Å². The minimum atomic E-state index is -1.70. The van der Waals surface area contributed by atoms with Crippen LogP contribution in [0.4, 0.5) is 28.4 Å². The van der Waals surface area contributed by atoms with E-state index in [2.05, 4.69) is 0 Å². The molecule has 20 heavy (non-hydrogen) atoms. The molecular formula is C6H2ClN5O8. The van der Waals surface area contributed by atoms with E-state index in [1.165, 1.54) is 0 Å². The lowest BCUT2D eigenvalue weighted by Gasteiger charge is -2.03. The molecule has 0 bridgehead atoms. The van der Waals surface area contributed by atoms with Crippen molar-refractivity contribution < 1.29 is 19.7 Å². The molecular weight excluding hydrogens is 306 g/mol. The van der Waals surface area contributed by atoms with E-state index >= 15 is 0 Å². The molecule has 0 amide bonds. The molecule has 1 rings (SSSR count). The van der Waals surface area contributed by atoms with Gasteiger partial charge in [0, 0.05) is 0 Å². The zero-order valence-corrected chi connectivity index (χ0v) is 9.77. The maximum atomic E-state index is 10.8. The molecule has 0 saturated carbocycles. The Bertz CT molecular complexity index is 615. The fraction of sp³-hybridized carbons (Fsp3) is 0. The third kappa shape index (κ3) is 2.12. The molecule has 0 aliphatic rings. The molecule has 2 N–H and O–H groups in total. The van der Waals surface area contributed by atoms with Gasteiger partial charge in [0.05, 0.1) is 19.7 Å². The Kier molecular flexibility index (Phi) is 3.66. The van der Waals surface area contributed by atoms with Gasteiger partial charge in [0.15, 0.2) is 5.02 Å². The van der Waals surface area contributed by atoms with E-state index in [0.29, 0.717) is 0 Å². The first-order valence-corrected chi connectivity index (χ1v) is 4.71. The summed E-state index contributed by atoms with van der Waals surface area (Å²) in [5, 5.41) is 41.9. The molecule has 0 radical (unpaired) electrons. The van der Waals surface area contributed by atoms with E-state index in [1.807, 2.05) is 0 Å². The van der Waals surface area contributed by atoms with Gasteiger partial charge in [-0.15, -0.1) is 0 Å². The fourth-order valence-electron chi connectivity index (χ4n) is 1.38. The number of nitrogens with two attached hydrogens (primary N) is 1. The minimum Gasteiger partial charge on any atom is -0.391 e. The molecule has 0 heterocycles. The van der Waals surface area contributed by atoms with Crippen LogP contribution in [0.3, 0.4) is 0 Å². The number of hydrogen-bond acceptors (Lipinski definition) is 9. The second-order valence-corrected chi connectivity index (χ2v) is 3.53. The summed E-state index contributed by atoms with van der Waals surface area (Å²) in [5.74, 6) is 0. The van der Waals surface area contributed by atoms with Crippen molar-refractivity contribution >= 4 is 40.0 Å². The van der Waals surface area contributed by atoms with Crippen molar-refractivity contribution in [2.24, 2.45) is 0 Å². The molecule has 0 unspecified atom stereocenters. The number of halogens is 1. The van der Waals surface area contributed by atoms with Crippen LogP contribution in [-0.4, -0.2) is 19.7 Å². The van der Waals surface area contributed by atoms with Crippen LogP contribution in [-0.2, 0) is 0 Å². The number of nitro benzene ring substituents is 4. The molecule has 0 atom stereocenters. The third-order valence-electron chi connectivity index (χ3n) is 2.10. The predicted octanol–water partition coefficient (Wildman–Crippen LogP) is 1.55. The van der Waals surface area contributed by atoms with Crippen LogP contribution in [0.25, 0.3) is 0 Å². The summed E-state index contributed by atoms with van der Waals surface area (Å²) in [6.45, 7) is 0. The predicted molar refractivity (Wildman–Crippen MR) is 62.5 cm³/mol. The van der Waals surface area contributed by atoms with Crippen molar-refractivity contribution in [1.82, 2.24) is 0 Å². The molecule has 0 aliphatic carbocycles. The summed E-state index contributed by atoms with van der Waals surface area (Å²) in [7, 11) is 0. The van der Waals surface area contributed by atoms with Gasteiger partial charge in [0.2, 0.25) is 0 Å². The summed E-state index contributed by atoms with van der Waals surface area (Å²) in [5.41, 5.74) is -2.33. The number of nitrogens with zero attached hydrogens (tertiary/aromatic N) is 4. The highest BCUT2D eigenvalue weighted by molar-refractivity contribution is 6.36. The summed E-state index contributed by atoms with van der Waals surface area (Å²) in [4.78, 5) is 37.2. The Hall–Kier alpha value is -3.09. The van der Waals surface area contributed by atoms with Crippen LogP contribution < -0.4 is 5.73 Å². The zero-order chi connectivity index (χ0) is 15.8. The normalized spacial score (nSPS) is 10.1. The van der Waals surface area contributed by atoms with Gasteiger partial charge >= 0.3 is 22.7 Å². The summed E-state index contributed by atoms with van der Waals surface area (Å²) in [6.07, 6.45) is 0. The van der Waals surface area contributed by atoms with Gasteiger partial charge < -0.3 is 5.73 Å². The SMILES string of the molecule is Nc1c(Cl)c([N+](=O)[O-])c([N+](=O)[O-])c([N+](=O)[O-])c1[N+](=O)[O-]. The van der Waals surface area contributed by atoms with Crippen molar-refractivity contribution in [2.45, 2.75) is 0 Å². The van der Waals surface area contributed by atoms with Crippen LogP contribution >= 0.6 is 11.6 Å². The van der Waals surface area contributed by atoms with Crippen LogP contribution in [0.1, 0.15) is 0 Å². The van der Waals surface area contributed by atoms with Gasteiger partial charge in [-0.2, -0.15) is 0 Å². The standard InChI is InChI=1S/C6H2ClN5O8/c7-1-2(8)4(10(15)16)6(12(19)20)5(11(17)18)3(1)9(13)14/h8H2. The van der Waals surface area contributed by atoms with Crippen molar-refractivity contribution in [3.8, 4) is 0 Å². The second kappa shape index (κ2) is 4.88. The molecule has 1 aromatic rings. The highest BCUT2D eigenvalue weighted by Gasteiger charge is 2.48. The summed E-state index contributed by atoms with van der Waals surface area (Å²) < 4.78 is 0. The molecule has 0 aliphatic heterocycles. The smallest absolute Gasteiger partial charge is 0.391 e. The average molecular weight is 308 g/mol. The Morgan fingerprint density at radius 1 is 0.700 bits per heavy atom. The van der Waals surface area contributed by atoms with Gasteiger partial charge in [-0.3, -0.25) is 40.5 Å². The second-order valence-electron chi connectivity index (χ2n) is 3.15. The number of rotatable bonds is 4. The van der Waals surface area contributed by atoms with Gasteiger partial charge in [0.1, 0.15) is 5.69 Å². The first-order chi connectivity index (χ1) is 9.11. The minimum absolute atomic E-state index is 1.10. The number of anilines is 1. The number of nitrogen functional groups attached to an aromatic ring is 1. The molecule has 0 fully saturated rings. The van der Waals surface area contributed by atoms with E-state index in [0.717, 1.165) is 0 Å². The van der Waals surface area contributed by atoms with Gasteiger partial charge in [-0.05, 0) is 0 Å². The van der Waals surface area contributed by atoms with Crippen LogP contribution in [0.15, 0.2) is 0 Å². The van der Waals surface area contributed by atoms with Crippen molar-refractivity contribution in [3.63, 3.8) is 0 Å². The summed E-state index contributed by atoms with van der Waals surface area (Å²) in [6, 6.07) is 0. The Balaban J connectivity index is 4.14. The average Bonchev–Trinajstić information content (AvgIpc) is 2.29. The monoisotopic (exact) mass is 307 g/mol. The highest BCUT2D eigenvalue weighted by atomic mass is 35.5. The largest absolute Gasteiger partial charge is 0.432 e. The molecule has 0 saturated heterocycles. The van der Waals surface area contributed by atoms with Crippen LogP contribution in [0.2, 0.25) is 5.02 Å². The zero-order valence-electron chi connectivity index (χ0n) is 9.01. The van der Waals surface area contributed by atoms with E-state index in [1.54, 1.807) is 0 Å². The van der Waals surface area contributed by atoms with Crippen molar-refractivity contribution in [1.29, 1.82) is 0 Å². The van der Waals surface area contributed by atoms with E-state index in [4.69, 9.17) is 17.3 Å². The first kappa shape index (κ1) is 15.0. The lowest BCUT2D eigenvalue weighted by atomic mass is 10.1. The molecule has 0 spiro atoms. The molecule has 13 nitrogen and oxygen atoms in total. The van der Waals surface area contributed by atoms with Crippen LogP contribution in [0.5, 0.6) is 0 Å². The Labute approximate surface area is 112 Å². The van der Waals surface area contributed by atoms with E-state index in [-0.39, 0.29) is 0 Å². The third-order valence-corrected chi connectivity index (χ3v) is 2.49. The molecule has 1 aromatic carbocycles. The Morgan fingerprint density at radius 3 is 1.30 bits per heavy atom. The quantitative estimate of drug-likeness (QED) is 0.486. The lowest BCUT2D eigenvalue weighted by Crippen LogP contribution is -2.08. The fourth-order valence-corrected chi connectivity index (χ4v) is 1.63. The van der Waals surface area contributed by atoms with Crippen LogP contribution in [0, 0.1) is 40.5 Å². The first-order valence-electron chi connectivity index (χ1n) is 4.33. The van der Waals surface area contributed by atoms with E-state index in [9.17, 15) is 40.5 Å². The molecule has 14 heteroatoms. The number of benzene rings is 1. The molecule has 106 valence electrons. The maximum absolute atomic E-state index is 10.8. The summed E-state index contributed by atoms with van der Waals surface area (Å²) >= 11 is 5.37. The van der Waals surface area contributed by atoms with E-state index < -0.39 is 53.2 Å². The van der Waals surface area contributed by atoms with Crippen molar-refractivity contribution in [2.75, 3.05) is 5.73 Å². The van der Waals surface area contributed by atoms with Gasteiger partial charge in [0.25, 0.3) is 0 Å². The number of hydrogen-bond donors (Lipinski definition) is 1. The number of nitro groups is 4. The van der Waals surface area contributed by atoms with Crippen molar-refractivity contribution in [3.05, 3.63) is 45.5 Å². The Morgan fingerprint density at radius 2 is 1.00 bits per heavy atom. The van der Waals surface area contributed by atoms with Gasteiger partial charge in [-0.25, -0.2) is 0 Å². The lowest BCUT2D eigenvalue weighted by molar-refractivity contribution is -0.451. The topological polar surface area (TPSA) is 199 Å².